The summed E-state index contributed by atoms with van der Waals surface area (Å²) in [7, 11) is 0. The van der Waals surface area contributed by atoms with E-state index in [9.17, 15) is 0 Å². The van der Waals surface area contributed by atoms with Crippen molar-refractivity contribution in [2.45, 2.75) is 49.5 Å². The van der Waals surface area contributed by atoms with Gasteiger partial charge in [0.05, 0.1) is 5.54 Å². The van der Waals surface area contributed by atoms with Crippen LogP contribution in [-0.4, -0.2) is 10.1 Å². The molecule has 0 amide bonds. The van der Waals surface area contributed by atoms with Gasteiger partial charge in [0.1, 0.15) is 0 Å². The smallest absolute Gasteiger partial charge is 0.230 e. The first-order valence-corrected chi connectivity index (χ1v) is 8.85. The molecule has 0 spiro atoms. The summed E-state index contributed by atoms with van der Waals surface area (Å²) < 4.78 is 5.59. The van der Waals surface area contributed by atoms with Crippen molar-refractivity contribution in [3.63, 3.8) is 0 Å². The largest absolute Gasteiger partial charge is 0.339 e. The van der Waals surface area contributed by atoms with Crippen LogP contribution in [0, 0.1) is 0 Å². The molecule has 2 atom stereocenters. The minimum atomic E-state index is -0.369. The minimum absolute atomic E-state index is 0. The van der Waals surface area contributed by atoms with Gasteiger partial charge in [0.15, 0.2) is 5.82 Å². The van der Waals surface area contributed by atoms with E-state index in [2.05, 4.69) is 52.6 Å². The van der Waals surface area contributed by atoms with Gasteiger partial charge in [0, 0.05) is 5.92 Å². The molecule has 2 aliphatic carbocycles. The molecule has 0 saturated heterocycles. The highest BCUT2D eigenvalue weighted by molar-refractivity contribution is 5.86. The maximum atomic E-state index is 6.45. The van der Waals surface area contributed by atoms with Crippen LogP contribution >= 0.6 is 12.4 Å². The Morgan fingerprint density at radius 3 is 2.60 bits per heavy atom. The lowest BCUT2D eigenvalue weighted by Gasteiger charge is -2.17. The molecule has 1 aromatic heterocycles. The molecule has 130 valence electrons. The van der Waals surface area contributed by atoms with Gasteiger partial charge < -0.3 is 10.3 Å². The number of nitrogens with two attached hydrogens (primary N) is 1. The zero-order valence-electron chi connectivity index (χ0n) is 14.0. The highest BCUT2D eigenvalue weighted by atomic mass is 35.5. The van der Waals surface area contributed by atoms with Crippen molar-refractivity contribution in [2.75, 3.05) is 0 Å². The highest BCUT2D eigenvalue weighted by Crippen LogP contribution is 2.55. The van der Waals surface area contributed by atoms with Gasteiger partial charge in [-0.1, -0.05) is 60.5 Å². The number of hydrogen-bond acceptors (Lipinski definition) is 4. The van der Waals surface area contributed by atoms with Gasteiger partial charge in [0.25, 0.3) is 0 Å². The molecule has 3 aromatic rings. The van der Waals surface area contributed by atoms with Crippen molar-refractivity contribution >= 4 is 23.2 Å². The topological polar surface area (TPSA) is 64.9 Å². The van der Waals surface area contributed by atoms with Crippen LogP contribution in [0.3, 0.4) is 0 Å². The molecule has 2 saturated carbocycles. The summed E-state index contributed by atoms with van der Waals surface area (Å²) in [5, 5.41) is 6.83. The summed E-state index contributed by atoms with van der Waals surface area (Å²) in [5.41, 5.74) is 7.47. The fourth-order valence-electron chi connectivity index (χ4n) is 4.20. The Kier molecular flexibility index (Phi) is 4.05. The maximum Gasteiger partial charge on any atom is 0.230 e. The van der Waals surface area contributed by atoms with Crippen LogP contribution in [0.25, 0.3) is 10.8 Å². The number of halogens is 1. The van der Waals surface area contributed by atoms with E-state index in [1.165, 1.54) is 16.3 Å². The van der Waals surface area contributed by atoms with Crippen molar-refractivity contribution < 1.29 is 4.52 Å². The summed E-state index contributed by atoms with van der Waals surface area (Å²) in [5.74, 6) is 2.28. The number of benzene rings is 2. The van der Waals surface area contributed by atoms with Crippen LogP contribution in [0.4, 0.5) is 0 Å². The van der Waals surface area contributed by atoms with E-state index >= 15 is 0 Å². The Bertz CT molecular complexity index is 895. The molecule has 2 unspecified atom stereocenters. The second kappa shape index (κ2) is 6.11. The van der Waals surface area contributed by atoms with Gasteiger partial charge in [-0.25, -0.2) is 0 Å². The summed E-state index contributed by atoms with van der Waals surface area (Å²) >= 11 is 0. The maximum absolute atomic E-state index is 6.45. The molecule has 25 heavy (non-hydrogen) atoms. The van der Waals surface area contributed by atoms with Crippen LogP contribution in [0.1, 0.15) is 61.2 Å². The third kappa shape index (κ3) is 2.74. The Labute approximate surface area is 153 Å². The van der Waals surface area contributed by atoms with Gasteiger partial charge in [-0.05, 0) is 41.5 Å². The van der Waals surface area contributed by atoms with Crippen LogP contribution in [0.5, 0.6) is 0 Å². The van der Waals surface area contributed by atoms with Crippen molar-refractivity contribution in [1.29, 1.82) is 0 Å². The van der Waals surface area contributed by atoms with E-state index in [1.807, 2.05) is 0 Å². The lowest BCUT2D eigenvalue weighted by molar-refractivity contribution is 0.348. The molecule has 0 bridgehead atoms. The lowest BCUT2D eigenvalue weighted by atomic mass is 9.98. The van der Waals surface area contributed by atoms with Gasteiger partial charge >= 0.3 is 0 Å². The van der Waals surface area contributed by atoms with Gasteiger partial charge in [-0.3, -0.25) is 0 Å². The van der Waals surface area contributed by atoms with E-state index in [-0.39, 0.29) is 17.9 Å². The number of rotatable bonds is 3. The monoisotopic (exact) mass is 355 g/mol. The lowest BCUT2D eigenvalue weighted by Crippen LogP contribution is -2.34. The molecule has 1 heterocycles. The SMILES string of the molecule is Cl.NC1(c2noc(C3CC3c3cccc4ccccc34)n2)CCCC1. The number of hydrogen-bond donors (Lipinski definition) is 1. The van der Waals surface area contributed by atoms with E-state index in [0.29, 0.717) is 17.7 Å². The second-order valence-electron chi connectivity index (χ2n) is 7.34. The minimum Gasteiger partial charge on any atom is -0.339 e. The predicted molar refractivity (Wildman–Crippen MR) is 99.9 cm³/mol. The molecule has 5 rings (SSSR count). The first kappa shape index (κ1) is 16.6. The molecule has 2 aromatic carbocycles. The third-order valence-electron chi connectivity index (χ3n) is 5.71. The van der Waals surface area contributed by atoms with Gasteiger partial charge in [-0.15, -0.1) is 12.4 Å². The average molecular weight is 356 g/mol. The van der Waals surface area contributed by atoms with E-state index in [0.717, 1.165) is 38.0 Å². The first-order valence-electron chi connectivity index (χ1n) is 8.85. The fraction of sp³-hybridized carbons (Fsp3) is 0.400. The van der Waals surface area contributed by atoms with Crippen molar-refractivity contribution in [2.24, 2.45) is 5.73 Å². The summed E-state index contributed by atoms with van der Waals surface area (Å²) in [6.45, 7) is 0. The Morgan fingerprint density at radius 2 is 1.76 bits per heavy atom. The molecule has 0 aliphatic heterocycles. The standard InChI is InChI=1S/C20H21N3O.ClH/c21-20(10-3-4-11-20)19-22-18(24-23-19)17-12-16(17)15-9-5-7-13-6-1-2-8-14(13)15;/h1-2,5-9,16-17H,3-4,10-12,21H2;1H. The molecule has 2 aliphatic rings. The van der Waals surface area contributed by atoms with Crippen LogP contribution in [0.2, 0.25) is 0 Å². The molecular weight excluding hydrogens is 334 g/mol. The van der Waals surface area contributed by atoms with Gasteiger partial charge in [-0.2, -0.15) is 4.98 Å². The van der Waals surface area contributed by atoms with Crippen molar-refractivity contribution in [3.05, 3.63) is 59.7 Å². The second-order valence-corrected chi connectivity index (χ2v) is 7.34. The zero-order valence-corrected chi connectivity index (χ0v) is 14.8. The van der Waals surface area contributed by atoms with Crippen LogP contribution < -0.4 is 5.73 Å². The van der Waals surface area contributed by atoms with Crippen LogP contribution in [-0.2, 0) is 5.54 Å². The molecule has 2 fully saturated rings. The summed E-state index contributed by atoms with van der Waals surface area (Å²) in [6.07, 6.45) is 5.31. The molecule has 5 heteroatoms. The normalized spacial score (nSPS) is 24.2. The zero-order chi connectivity index (χ0) is 16.1. The molecule has 4 nitrogen and oxygen atoms in total. The van der Waals surface area contributed by atoms with Crippen LogP contribution in [0.15, 0.2) is 47.0 Å². The molecule has 2 N–H and O–H groups in total. The Balaban J connectivity index is 0.00000157. The Morgan fingerprint density at radius 1 is 1.00 bits per heavy atom. The third-order valence-corrected chi connectivity index (χ3v) is 5.71. The number of fused-ring (bicyclic) bond motifs is 1. The average Bonchev–Trinajstić information content (AvgIpc) is 3.03. The number of aromatic nitrogens is 2. The van der Waals surface area contributed by atoms with E-state index in [1.54, 1.807) is 0 Å². The Hall–Kier alpha value is -1.91. The quantitative estimate of drug-likeness (QED) is 0.743. The first-order chi connectivity index (χ1) is 11.7. The number of nitrogens with zero attached hydrogens (tertiary/aromatic N) is 2. The van der Waals surface area contributed by atoms with Crippen molar-refractivity contribution in [3.8, 4) is 0 Å². The van der Waals surface area contributed by atoms with E-state index < -0.39 is 0 Å². The van der Waals surface area contributed by atoms with E-state index in [4.69, 9.17) is 10.3 Å². The molecular formula is C20H22ClN3O. The van der Waals surface area contributed by atoms with Gasteiger partial charge in [0.2, 0.25) is 5.89 Å². The molecule has 0 radical (unpaired) electrons. The summed E-state index contributed by atoms with van der Waals surface area (Å²) in [6, 6.07) is 15.1. The fourth-order valence-corrected chi connectivity index (χ4v) is 4.20. The summed E-state index contributed by atoms with van der Waals surface area (Å²) in [4.78, 5) is 4.68. The predicted octanol–water partition coefficient (Wildman–Crippen LogP) is 4.64. The van der Waals surface area contributed by atoms with Crippen molar-refractivity contribution in [1.82, 2.24) is 10.1 Å². The highest BCUT2D eigenvalue weighted by Gasteiger charge is 2.45.